The lowest BCUT2D eigenvalue weighted by molar-refractivity contribution is 0.0157. The molecule has 2 N–H and O–H groups in total. The Labute approximate surface area is 141 Å². The molecule has 1 aliphatic rings. The zero-order valence-electron chi connectivity index (χ0n) is 13.8. The molecule has 1 aromatic carbocycles. The van der Waals surface area contributed by atoms with Gasteiger partial charge in [0, 0.05) is 42.7 Å². The number of hydrogen-bond donors (Lipinski definition) is 2. The number of rotatable bonds is 5. The third-order valence-corrected chi connectivity index (χ3v) is 4.67. The zero-order chi connectivity index (χ0) is 17.2. The molecule has 1 saturated carbocycles. The quantitative estimate of drug-likeness (QED) is 0.830. The van der Waals surface area contributed by atoms with Crippen LogP contribution < -0.4 is 0 Å². The molecule has 24 heavy (non-hydrogen) atoms. The zero-order valence-corrected chi connectivity index (χ0v) is 13.8. The number of amides is 1. The Hall–Kier alpha value is -2.40. The van der Waals surface area contributed by atoms with E-state index in [1.165, 1.54) is 0 Å². The van der Waals surface area contributed by atoms with Crippen LogP contribution in [0.4, 0.5) is 0 Å². The van der Waals surface area contributed by atoms with Gasteiger partial charge in [-0.3, -0.25) is 9.59 Å². The molecule has 0 saturated heterocycles. The first kappa shape index (κ1) is 16.5. The average Bonchev–Trinajstić information content (AvgIpc) is 3.25. The number of benzene rings is 1. The predicted molar refractivity (Wildman–Crippen MR) is 91.0 cm³/mol. The molecular weight excluding hydrogens is 304 g/mol. The van der Waals surface area contributed by atoms with Gasteiger partial charge in [0.1, 0.15) is 0 Å². The number of ketones is 1. The number of carbonyl (C=O) groups is 2. The standard InChI is InChI=1S/C19H22N2O3/c1-21(13-19(24)9-2-3-10-19)18(23)15-6-4-14(5-7-15)17(22)16-8-11-20-12-16/h4-8,11-12,20,24H,2-3,9-10,13H2,1H3. The van der Waals surface area contributed by atoms with E-state index in [0.29, 0.717) is 23.2 Å². The van der Waals surface area contributed by atoms with Crippen LogP contribution in [-0.4, -0.2) is 45.9 Å². The number of likely N-dealkylation sites (N-methyl/N-ethyl adjacent to an activating group) is 1. The molecule has 1 fully saturated rings. The van der Waals surface area contributed by atoms with E-state index in [4.69, 9.17) is 0 Å². The lowest BCUT2D eigenvalue weighted by Gasteiger charge is -2.28. The van der Waals surface area contributed by atoms with Crippen molar-refractivity contribution in [2.24, 2.45) is 0 Å². The highest BCUT2D eigenvalue weighted by Crippen LogP contribution is 2.30. The number of carbonyl (C=O) groups excluding carboxylic acids is 2. The van der Waals surface area contributed by atoms with Crippen LogP contribution in [0.5, 0.6) is 0 Å². The Morgan fingerprint density at radius 2 is 1.71 bits per heavy atom. The van der Waals surface area contributed by atoms with Crippen LogP contribution in [0.3, 0.4) is 0 Å². The summed E-state index contributed by atoms with van der Waals surface area (Å²) < 4.78 is 0. The summed E-state index contributed by atoms with van der Waals surface area (Å²) >= 11 is 0. The number of nitrogens with one attached hydrogen (secondary N) is 1. The van der Waals surface area contributed by atoms with Gasteiger partial charge in [0.15, 0.2) is 5.78 Å². The second-order valence-electron chi connectivity index (χ2n) is 6.60. The van der Waals surface area contributed by atoms with Gasteiger partial charge in [-0.05, 0) is 31.0 Å². The lowest BCUT2D eigenvalue weighted by Crippen LogP contribution is -2.42. The molecule has 0 radical (unpaired) electrons. The highest BCUT2D eigenvalue weighted by molar-refractivity contribution is 6.09. The van der Waals surface area contributed by atoms with Crippen molar-refractivity contribution in [1.29, 1.82) is 0 Å². The molecule has 3 rings (SSSR count). The molecule has 1 amide bonds. The topological polar surface area (TPSA) is 73.4 Å². The van der Waals surface area contributed by atoms with Crippen molar-refractivity contribution in [3.63, 3.8) is 0 Å². The molecule has 0 atom stereocenters. The minimum Gasteiger partial charge on any atom is -0.388 e. The number of hydrogen-bond acceptors (Lipinski definition) is 3. The van der Waals surface area contributed by atoms with E-state index in [1.807, 2.05) is 0 Å². The number of aromatic nitrogens is 1. The van der Waals surface area contributed by atoms with Gasteiger partial charge in [0.25, 0.3) is 5.91 Å². The highest BCUT2D eigenvalue weighted by atomic mass is 16.3. The molecular formula is C19H22N2O3. The summed E-state index contributed by atoms with van der Waals surface area (Å²) in [7, 11) is 1.71. The predicted octanol–water partition coefficient (Wildman–Crippen LogP) is 2.62. The maximum absolute atomic E-state index is 12.5. The summed E-state index contributed by atoms with van der Waals surface area (Å²) in [5.41, 5.74) is 0.900. The van der Waals surface area contributed by atoms with E-state index in [9.17, 15) is 14.7 Å². The highest BCUT2D eigenvalue weighted by Gasteiger charge is 2.33. The third kappa shape index (κ3) is 3.41. The fourth-order valence-electron chi connectivity index (χ4n) is 3.32. The van der Waals surface area contributed by atoms with Gasteiger partial charge in [-0.25, -0.2) is 0 Å². The maximum atomic E-state index is 12.5. The molecule has 126 valence electrons. The van der Waals surface area contributed by atoms with E-state index >= 15 is 0 Å². The van der Waals surface area contributed by atoms with E-state index in [0.717, 1.165) is 25.7 Å². The Kier molecular flexibility index (Phi) is 4.53. The van der Waals surface area contributed by atoms with Crippen LogP contribution in [0.25, 0.3) is 0 Å². The first-order valence-corrected chi connectivity index (χ1v) is 8.24. The first-order chi connectivity index (χ1) is 11.5. The summed E-state index contributed by atoms with van der Waals surface area (Å²) in [4.78, 5) is 29.2. The van der Waals surface area contributed by atoms with Gasteiger partial charge in [0.2, 0.25) is 0 Å². The van der Waals surface area contributed by atoms with Crippen molar-refractivity contribution < 1.29 is 14.7 Å². The van der Waals surface area contributed by atoms with Crippen molar-refractivity contribution in [1.82, 2.24) is 9.88 Å². The van der Waals surface area contributed by atoms with Gasteiger partial charge in [-0.15, -0.1) is 0 Å². The van der Waals surface area contributed by atoms with E-state index in [-0.39, 0.29) is 11.7 Å². The van der Waals surface area contributed by atoms with Crippen LogP contribution in [0.15, 0.2) is 42.7 Å². The summed E-state index contributed by atoms with van der Waals surface area (Å²) in [6.07, 6.45) is 6.86. The number of nitrogens with zero attached hydrogens (tertiary/aromatic N) is 1. The monoisotopic (exact) mass is 326 g/mol. The van der Waals surface area contributed by atoms with Crippen LogP contribution in [0.1, 0.15) is 52.0 Å². The Morgan fingerprint density at radius 3 is 2.29 bits per heavy atom. The molecule has 0 spiro atoms. The van der Waals surface area contributed by atoms with Gasteiger partial charge < -0.3 is 15.0 Å². The minimum absolute atomic E-state index is 0.0797. The van der Waals surface area contributed by atoms with E-state index in [2.05, 4.69) is 4.98 Å². The van der Waals surface area contributed by atoms with Crippen LogP contribution in [-0.2, 0) is 0 Å². The molecule has 0 unspecified atom stereocenters. The van der Waals surface area contributed by atoms with Crippen molar-refractivity contribution in [2.45, 2.75) is 31.3 Å². The Balaban J connectivity index is 1.68. The van der Waals surface area contributed by atoms with E-state index in [1.54, 1.807) is 54.7 Å². The van der Waals surface area contributed by atoms with E-state index < -0.39 is 5.60 Å². The second kappa shape index (κ2) is 6.61. The fraction of sp³-hybridized carbons (Fsp3) is 0.368. The fourth-order valence-corrected chi connectivity index (χ4v) is 3.32. The van der Waals surface area contributed by atoms with Crippen LogP contribution >= 0.6 is 0 Å². The summed E-state index contributed by atoms with van der Waals surface area (Å²) in [5, 5.41) is 10.4. The molecule has 0 bridgehead atoms. The first-order valence-electron chi connectivity index (χ1n) is 8.24. The van der Waals surface area contributed by atoms with Gasteiger partial charge in [0.05, 0.1) is 5.60 Å². The largest absolute Gasteiger partial charge is 0.388 e. The van der Waals surface area contributed by atoms with Crippen molar-refractivity contribution in [3.8, 4) is 0 Å². The molecule has 1 heterocycles. The maximum Gasteiger partial charge on any atom is 0.253 e. The second-order valence-corrected chi connectivity index (χ2v) is 6.60. The minimum atomic E-state index is -0.755. The third-order valence-electron chi connectivity index (χ3n) is 4.67. The van der Waals surface area contributed by atoms with Gasteiger partial charge >= 0.3 is 0 Å². The SMILES string of the molecule is CN(CC1(O)CCCC1)C(=O)c1ccc(C(=O)c2cc[nH]c2)cc1. The number of aliphatic hydroxyl groups is 1. The lowest BCUT2D eigenvalue weighted by atomic mass is 10.0. The van der Waals surface area contributed by atoms with Crippen LogP contribution in [0.2, 0.25) is 0 Å². The average molecular weight is 326 g/mol. The molecule has 5 heteroatoms. The molecule has 0 aliphatic heterocycles. The summed E-state index contributed by atoms with van der Waals surface area (Å²) in [6.45, 7) is 0.343. The van der Waals surface area contributed by atoms with Gasteiger partial charge in [-0.2, -0.15) is 0 Å². The van der Waals surface area contributed by atoms with Crippen LogP contribution in [0, 0.1) is 0 Å². The molecule has 5 nitrogen and oxygen atoms in total. The normalized spacial score (nSPS) is 16.1. The van der Waals surface area contributed by atoms with Crippen molar-refractivity contribution in [3.05, 3.63) is 59.4 Å². The molecule has 1 aromatic heterocycles. The summed E-state index contributed by atoms with van der Waals surface area (Å²) in [5.74, 6) is -0.222. The van der Waals surface area contributed by atoms with Crippen molar-refractivity contribution >= 4 is 11.7 Å². The van der Waals surface area contributed by atoms with Crippen molar-refractivity contribution in [2.75, 3.05) is 13.6 Å². The molecule has 2 aromatic rings. The smallest absolute Gasteiger partial charge is 0.253 e. The Morgan fingerprint density at radius 1 is 1.08 bits per heavy atom. The number of aromatic amines is 1. The van der Waals surface area contributed by atoms with Gasteiger partial charge in [-0.1, -0.05) is 25.0 Å². The Bertz CT molecular complexity index is 714. The summed E-state index contributed by atoms with van der Waals surface area (Å²) in [6, 6.07) is 8.38. The number of H-pyrrole nitrogens is 1. The molecule has 1 aliphatic carbocycles.